The summed E-state index contributed by atoms with van der Waals surface area (Å²) in [6.07, 6.45) is 1.81. The number of carbonyl (C=O) groups is 1. The molecule has 2 rings (SSSR count). The Morgan fingerprint density at radius 3 is 3.05 bits per heavy atom. The number of nitriles is 1. The molecule has 0 bridgehead atoms. The molecule has 1 atom stereocenters. The van der Waals surface area contributed by atoms with Gasteiger partial charge in [-0.15, -0.1) is 0 Å². The number of carbonyl (C=O) groups excluding carboxylic acids is 1. The molecule has 0 spiro atoms. The van der Waals surface area contributed by atoms with E-state index in [1.54, 1.807) is 0 Å². The maximum absolute atomic E-state index is 11.8. The molecule has 1 aromatic carbocycles. The summed E-state index contributed by atoms with van der Waals surface area (Å²) in [7, 11) is 0. The minimum absolute atomic E-state index is 0.0829. The zero-order chi connectivity index (χ0) is 13.7. The molecule has 0 saturated carbocycles. The summed E-state index contributed by atoms with van der Waals surface area (Å²) in [4.78, 5) is 13.9. The first-order valence-corrected chi connectivity index (χ1v) is 6.67. The third kappa shape index (κ3) is 3.05. The first-order chi connectivity index (χ1) is 9.26. The number of rotatable bonds is 3. The molecule has 19 heavy (non-hydrogen) atoms. The minimum atomic E-state index is -0.123. The number of benzene rings is 1. The van der Waals surface area contributed by atoms with Gasteiger partial charge < -0.3 is 9.64 Å². The summed E-state index contributed by atoms with van der Waals surface area (Å²) in [5.74, 6) is -0.206. The Bertz CT molecular complexity index is 493. The zero-order valence-corrected chi connectivity index (χ0v) is 11.1. The molecular weight excluding hydrogens is 240 g/mol. The van der Waals surface area contributed by atoms with Crippen molar-refractivity contribution >= 4 is 11.7 Å². The van der Waals surface area contributed by atoms with Crippen molar-refractivity contribution in [1.82, 2.24) is 0 Å². The Kier molecular flexibility index (Phi) is 4.40. The van der Waals surface area contributed by atoms with Gasteiger partial charge in [-0.1, -0.05) is 12.1 Å². The molecule has 1 saturated heterocycles. The van der Waals surface area contributed by atoms with Gasteiger partial charge in [-0.05, 0) is 31.9 Å². The van der Waals surface area contributed by atoms with Crippen molar-refractivity contribution in [2.24, 2.45) is 5.92 Å². The molecule has 0 amide bonds. The van der Waals surface area contributed by atoms with Gasteiger partial charge in [-0.25, -0.2) is 0 Å². The van der Waals surface area contributed by atoms with Gasteiger partial charge in [-0.2, -0.15) is 5.26 Å². The van der Waals surface area contributed by atoms with E-state index in [1.165, 1.54) is 0 Å². The first-order valence-electron chi connectivity index (χ1n) is 6.67. The monoisotopic (exact) mass is 258 g/mol. The van der Waals surface area contributed by atoms with Crippen LogP contribution in [0.1, 0.15) is 25.3 Å². The van der Waals surface area contributed by atoms with Gasteiger partial charge in [0.25, 0.3) is 0 Å². The Morgan fingerprint density at radius 2 is 2.32 bits per heavy atom. The Morgan fingerprint density at radius 1 is 1.53 bits per heavy atom. The minimum Gasteiger partial charge on any atom is -0.466 e. The van der Waals surface area contributed by atoms with Crippen LogP contribution in [0.2, 0.25) is 0 Å². The van der Waals surface area contributed by atoms with E-state index in [-0.39, 0.29) is 11.9 Å². The summed E-state index contributed by atoms with van der Waals surface area (Å²) in [6, 6.07) is 9.73. The van der Waals surface area contributed by atoms with Crippen LogP contribution in [0, 0.1) is 17.2 Å². The summed E-state index contributed by atoms with van der Waals surface area (Å²) >= 11 is 0. The highest BCUT2D eigenvalue weighted by molar-refractivity contribution is 5.74. The standard InChI is InChI=1S/C15H18N2O2/c1-2-19-15(18)13-7-5-9-17(11-13)14-8-4-3-6-12(14)10-16/h3-4,6,8,13H,2,5,7,9,11H2,1H3. The summed E-state index contributed by atoms with van der Waals surface area (Å²) in [6.45, 7) is 3.76. The molecule has 1 aliphatic rings. The molecule has 1 heterocycles. The van der Waals surface area contributed by atoms with Crippen molar-refractivity contribution in [3.8, 4) is 6.07 Å². The van der Waals surface area contributed by atoms with Crippen molar-refractivity contribution in [1.29, 1.82) is 5.26 Å². The largest absolute Gasteiger partial charge is 0.466 e. The highest BCUT2D eigenvalue weighted by Gasteiger charge is 2.27. The Hall–Kier alpha value is -2.02. The maximum atomic E-state index is 11.8. The van der Waals surface area contributed by atoms with Crippen LogP contribution in [0.4, 0.5) is 5.69 Å². The van der Waals surface area contributed by atoms with Crippen LogP contribution in [0.3, 0.4) is 0 Å². The van der Waals surface area contributed by atoms with E-state index >= 15 is 0 Å². The number of hydrogen-bond donors (Lipinski definition) is 0. The van der Waals surface area contributed by atoms with Crippen molar-refractivity contribution in [3.63, 3.8) is 0 Å². The van der Waals surface area contributed by atoms with Crippen LogP contribution in [-0.2, 0) is 9.53 Å². The number of hydrogen-bond acceptors (Lipinski definition) is 4. The average Bonchev–Trinajstić information content (AvgIpc) is 2.47. The van der Waals surface area contributed by atoms with Crippen molar-refractivity contribution < 1.29 is 9.53 Å². The second-order valence-corrected chi connectivity index (χ2v) is 4.67. The average molecular weight is 258 g/mol. The van der Waals surface area contributed by atoms with Crippen LogP contribution in [0.15, 0.2) is 24.3 Å². The number of para-hydroxylation sites is 1. The number of piperidine rings is 1. The summed E-state index contributed by atoms with van der Waals surface area (Å²) in [5.41, 5.74) is 1.58. The molecular formula is C15H18N2O2. The number of nitrogens with zero attached hydrogens (tertiary/aromatic N) is 2. The number of anilines is 1. The fraction of sp³-hybridized carbons (Fsp3) is 0.467. The lowest BCUT2D eigenvalue weighted by Crippen LogP contribution is -2.39. The van der Waals surface area contributed by atoms with E-state index < -0.39 is 0 Å². The molecule has 1 unspecified atom stereocenters. The van der Waals surface area contributed by atoms with Gasteiger partial charge in [0.05, 0.1) is 23.8 Å². The van der Waals surface area contributed by atoms with Gasteiger partial charge in [0, 0.05) is 13.1 Å². The summed E-state index contributed by atoms with van der Waals surface area (Å²) < 4.78 is 5.09. The smallest absolute Gasteiger partial charge is 0.310 e. The first kappa shape index (κ1) is 13.4. The van der Waals surface area contributed by atoms with Crippen molar-refractivity contribution in [2.45, 2.75) is 19.8 Å². The molecule has 0 N–H and O–H groups in total. The van der Waals surface area contributed by atoms with E-state index in [2.05, 4.69) is 11.0 Å². The molecule has 0 aromatic heterocycles. The van der Waals surface area contributed by atoms with Crippen LogP contribution >= 0.6 is 0 Å². The fourth-order valence-corrected chi connectivity index (χ4v) is 2.49. The molecule has 1 aliphatic heterocycles. The van der Waals surface area contributed by atoms with Gasteiger partial charge in [0.2, 0.25) is 0 Å². The van der Waals surface area contributed by atoms with E-state index in [1.807, 2.05) is 31.2 Å². The molecule has 0 aliphatic carbocycles. The molecule has 0 radical (unpaired) electrons. The summed E-state index contributed by atoms with van der Waals surface area (Å²) in [5, 5.41) is 9.14. The van der Waals surface area contributed by atoms with Crippen molar-refractivity contribution in [3.05, 3.63) is 29.8 Å². The zero-order valence-electron chi connectivity index (χ0n) is 11.1. The SMILES string of the molecule is CCOC(=O)C1CCCN(c2ccccc2C#N)C1. The van der Waals surface area contributed by atoms with E-state index in [4.69, 9.17) is 10.00 Å². The number of esters is 1. The fourth-order valence-electron chi connectivity index (χ4n) is 2.49. The van der Waals surface area contributed by atoms with Crippen molar-refractivity contribution in [2.75, 3.05) is 24.6 Å². The Labute approximate surface area is 113 Å². The van der Waals surface area contributed by atoms with Crippen LogP contribution in [0.5, 0.6) is 0 Å². The predicted octanol–water partition coefficient (Wildman–Crippen LogP) is 2.34. The van der Waals surface area contributed by atoms with Gasteiger partial charge in [-0.3, -0.25) is 4.79 Å². The van der Waals surface area contributed by atoms with Crippen LogP contribution in [-0.4, -0.2) is 25.7 Å². The second kappa shape index (κ2) is 6.24. The third-order valence-electron chi connectivity index (χ3n) is 3.41. The molecule has 4 nitrogen and oxygen atoms in total. The molecule has 1 fully saturated rings. The predicted molar refractivity (Wildman–Crippen MR) is 72.7 cm³/mol. The lowest BCUT2D eigenvalue weighted by Gasteiger charge is -2.33. The normalized spacial score (nSPS) is 18.7. The lowest BCUT2D eigenvalue weighted by molar-refractivity contribution is -0.148. The Balaban J connectivity index is 2.13. The van der Waals surface area contributed by atoms with E-state index in [0.717, 1.165) is 25.1 Å². The lowest BCUT2D eigenvalue weighted by atomic mass is 9.97. The maximum Gasteiger partial charge on any atom is 0.310 e. The molecule has 100 valence electrons. The third-order valence-corrected chi connectivity index (χ3v) is 3.41. The number of ether oxygens (including phenoxy) is 1. The van der Waals surface area contributed by atoms with Gasteiger partial charge >= 0.3 is 5.97 Å². The highest BCUT2D eigenvalue weighted by Crippen LogP contribution is 2.26. The van der Waals surface area contributed by atoms with Gasteiger partial charge in [0.15, 0.2) is 0 Å². The van der Waals surface area contributed by atoms with Gasteiger partial charge in [0.1, 0.15) is 6.07 Å². The highest BCUT2D eigenvalue weighted by atomic mass is 16.5. The van der Waals surface area contributed by atoms with E-state index in [0.29, 0.717) is 18.7 Å². The molecule has 1 aromatic rings. The van der Waals surface area contributed by atoms with Crippen LogP contribution in [0.25, 0.3) is 0 Å². The van der Waals surface area contributed by atoms with E-state index in [9.17, 15) is 4.79 Å². The second-order valence-electron chi connectivity index (χ2n) is 4.67. The topological polar surface area (TPSA) is 53.3 Å². The quantitative estimate of drug-likeness (QED) is 0.781. The van der Waals surface area contributed by atoms with Crippen LogP contribution < -0.4 is 4.90 Å². The molecule has 4 heteroatoms.